The molecule has 222 valence electrons. The zero-order valence-electron chi connectivity index (χ0n) is 23.5. The molecule has 43 heavy (non-hydrogen) atoms. The summed E-state index contributed by atoms with van der Waals surface area (Å²) in [5, 5.41) is 0.982. The summed E-state index contributed by atoms with van der Waals surface area (Å²) >= 11 is 13.5. The smallest absolute Gasteiger partial charge is 0.338 e. The molecule has 5 rings (SSSR count). The third-order valence-electron chi connectivity index (χ3n) is 6.93. The number of esters is 2. The van der Waals surface area contributed by atoms with Gasteiger partial charge < -0.3 is 18.9 Å². The number of ether oxygens (including phenoxy) is 4. The number of carbonyl (C=O) groups excluding carboxylic acids is 2. The Morgan fingerprint density at radius 3 is 1.81 bits per heavy atom. The maximum atomic E-state index is 13.5. The Morgan fingerprint density at radius 2 is 1.26 bits per heavy atom. The van der Waals surface area contributed by atoms with Crippen LogP contribution >= 0.6 is 35.0 Å². The van der Waals surface area contributed by atoms with Crippen molar-refractivity contribution in [2.45, 2.75) is 55.2 Å². The molecule has 0 bridgehead atoms. The minimum Gasteiger partial charge on any atom is -0.452 e. The summed E-state index contributed by atoms with van der Waals surface area (Å²) in [5.41, 5.74) is 2.08. The lowest BCUT2D eigenvalue weighted by Crippen LogP contribution is -2.59. The highest BCUT2D eigenvalue weighted by Crippen LogP contribution is 2.38. The van der Waals surface area contributed by atoms with Gasteiger partial charge in [0.25, 0.3) is 0 Å². The van der Waals surface area contributed by atoms with E-state index in [1.165, 1.54) is 11.8 Å². The van der Waals surface area contributed by atoms with Crippen molar-refractivity contribution in [3.8, 4) is 0 Å². The predicted octanol–water partition coefficient (Wildman–Crippen LogP) is 8.18. The molecule has 1 saturated heterocycles. The van der Waals surface area contributed by atoms with Gasteiger partial charge in [0.05, 0.1) is 23.8 Å². The second-order valence-electron chi connectivity index (χ2n) is 10.2. The summed E-state index contributed by atoms with van der Waals surface area (Å²) in [6.45, 7) is 4.03. The average molecular weight is 638 g/mol. The zero-order valence-corrected chi connectivity index (χ0v) is 25.9. The van der Waals surface area contributed by atoms with Gasteiger partial charge in [-0.3, -0.25) is 0 Å². The van der Waals surface area contributed by atoms with Gasteiger partial charge >= 0.3 is 11.9 Å². The number of benzene rings is 4. The molecule has 4 aromatic carbocycles. The van der Waals surface area contributed by atoms with Gasteiger partial charge in [-0.25, -0.2) is 9.59 Å². The molecule has 1 fully saturated rings. The van der Waals surface area contributed by atoms with E-state index in [1.807, 2.05) is 61.5 Å². The van der Waals surface area contributed by atoms with Crippen LogP contribution in [0.2, 0.25) is 10.0 Å². The average Bonchev–Trinajstić information content (AvgIpc) is 3.00. The number of rotatable bonds is 9. The van der Waals surface area contributed by atoms with Crippen LogP contribution in [0.3, 0.4) is 0 Å². The van der Waals surface area contributed by atoms with Gasteiger partial charge in [-0.15, -0.1) is 0 Å². The summed E-state index contributed by atoms with van der Waals surface area (Å²) in [4.78, 5) is 27.7. The Kier molecular flexibility index (Phi) is 10.4. The Hall–Kier alpha value is -3.33. The highest BCUT2D eigenvalue weighted by molar-refractivity contribution is 7.99. The van der Waals surface area contributed by atoms with Crippen molar-refractivity contribution in [1.29, 1.82) is 0 Å². The van der Waals surface area contributed by atoms with Crippen molar-refractivity contribution in [1.82, 2.24) is 0 Å². The van der Waals surface area contributed by atoms with Crippen molar-refractivity contribution >= 4 is 46.9 Å². The first-order valence-electron chi connectivity index (χ1n) is 13.7. The van der Waals surface area contributed by atoms with Gasteiger partial charge in [-0.05, 0) is 80.1 Å². The fraction of sp³-hybridized carbons (Fsp3) is 0.235. The number of hydrogen-bond donors (Lipinski definition) is 0. The molecule has 1 heterocycles. The van der Waals surface area contributed by atoms with Crippen LogP contribution in [0.25, 0.3) is 0 Å². The number of carbonyl (C=O) groups is 2. The minimum atomic E-state index is -1.00. The van der Waals surface area contributed by atoms with Crippen LogP contribution in [-0.4, -0.2) is 41.8 Å². The van der Waals surface area contributed by atoms with Gasteiger partial charge in [0.2, 0.25) is 0 Å². The van der Waals surface area contributed by atoms with Gasteiger partial charge in [-0.1, -0.05) is 83.0 Å². The monoisotopic (exact) mass is 636 g/mol. The summed E-state index contributed by atoms with van der Waals surface area (Å²) in [7, 11) is 0. The summed E-state index contributed by atoms with van der Waals surface area (Å²) in [5.74, 6) is -1.20. The largest absolute Gasteiger partial charge is 0.452 e. The predicted molar refractivity (Wildman–Crippen MR) is 168 cm³/mol. The van der Waals surface area contributed by atoms with Crippen LogP contribution in [0.4, 0.5) is 0 Å². The number of aryl methyl sites for hydroxylation is 1. The zero-order chi connectivity index (χ0) is 30.3. The fourth-order valence-corrected chi connectivity index (χ4v) is 6.04. The van der Waals surface area contributed by atoms with E-state index in [0.29, 0.717) is 21.2 Å². The number of thioether (sulfide) groups is 1. The molecule has 0 N–H and O–H groups in total. The molecule has 0 amide bonds. The second kappa shape index (κ2) is 14.4. The summed E-state index contributed by atoms with van der Waals surface area (Å²) in [6.07, 6.45) is -3.42. The van der Waals surface area contributed by atoms with E-state index in [4.69, 9.17) is 42.1 Å². The molecule has 1 aliphatic rings. The fourth-order valence-electron chi connectivity index (χ4n) is 4.61. The van der Waals surface area contributed by atoms with Crippen LogP contribution in [0.5, 0.6) is 0 Å². The van der Waals surface area contributed by atoms with Crippen LogP contribution < -0.4 is 0 Å². The molecular formula is C34H30Cl2O6S. The van der Waals surface area contributed by atoms with E-state index in [0.717, 1.165) is 16.0 Å². The van der Waals surface area contributed by atoms with Crippen molar-refractivity contribution in [3.05, 3.63) is 135 Å². The quantitative estimate of drug-likeness (QED) is 0.172. The maximum absolute atomic E-state index is 13.5. The van der Waals surface area contributed by atoms with E-state index in [2.05, 4.69) is 0 Å². The minimum absolute atomic E-state index is 0.224. The van der Waals surface area contributed by atoms with Crippen LogP contribution in [0.1, 0.15) is 38.8 Å². The van der Waals surface area contributed by atoms with Crippen molar-refractivity contribution in [2.75, 3.05) is 0 Å². The van der Waals surface area contributed by atoms with Crippen molar-refractivity contribution < 1.29 is 28.5 Å². The summed E-state index contributed by atoms with van der Waals surface area (Å²) < 4.78 is 25.1. The number of hydrogen-bond acceptors (Lipinski definition) is 7. The SMILES string of the molecule is Cc1ccc(CO[C@H]2[C@H](OC(=O)c3ccc(Cl)cc3)[C@H](OC(=O)c3ccc(Cl)cc3)[C@H](C)O[C@@H]2Sc2ccccc2)cc1. The molecular weight excluding hydrogens is 607 g/mol. The first kappa shape index (κ1) is 31.1. The molecule has 1 aliphatic heterocycles. The second-order valence-corrected chi connectivity index (χ2v) is 12.2. The standard InChI is InChI=1S/C34H30Cl2O6S/c1-21-8-10-23(11-9-21)20-39-31-30(42-33(38)25-14-18-27(36)19-15-25)29(41-32(37)24-12-16-26(35)17-13-24)22(2)40-34(31)43-28-6-4-3-5-7-28/h3-19,22,29-31,34H,20H2,1-2H3/t22-,29+,30+,31-,34+/m0/s1. The van der Waals surface area contributed by atoms with Crippen molar-refractivity contribution in [2.24, 2.45) is 0 Å². The van der Waals surface area contributed by atoms with Gasteiger partial charge in [-0.2, -0.15) is 0 Å². The van der Waals surface area contributed by atoms with Gasteiger partial charge in [0.1, 0.15) is 11.5 Å². The van der Waals surface area contributed by atoms with E-state index in [9.17, 15) is 9.59 Å². The molecule has 5 atom stereocenters. The van der Waals surface area contributed by atoms with E-state index < -0.39 is 41.8 Å². The molecule has 4 aromatic rings. The van der Waals surface area contributed by atoms with Crippen LogP contribution in [0, 0.1) is 6.92 Å². The van der Waals surface area contributed by atoms with Crippen molar-refractivity contribution in [3.63, 3.8) is 0 Å². The summed E-state index contributed by atoms with van der Waals surface area (Å²) in [6, 6.07) is 30.5. The topological polar surface area (TPSA) is 71.1 Å². The lowest BCUT2D eigenvalue weighted by Gasteiger charge is -2.44. The highest BCUT2D eigenvalue weighted by atomic mass is 35.5. The Morgan fingerprint density at radius 1 is 0.721 bits per heavy atom. The molecule has 0 aliphatic carbocycles. The third-order valence-corrected chi connectivity index (χ3v) is 8.59. The Balaban J connectivity index is 1.48. The highest BCUT2D eigenvalue weighted by Gasteiger charge is 2.50. The Labute approximate surface area is 265 Å². The molecule has 0 saturated carbocycles. The molecule has 0 radical (unpaired) electrons. The number of halogens is 2. The van der Waals surface area contributed by atoms with Crippen LogP contribution in [-0.2, 0) is 25.6 Å². The third kappa shape index (κ3) is 8.19. The van der Waals surface area contributed by atoms with E-state index in [1.54, 1.807) is 55.5 Å². The normalized spacial score (nSPS) is 21.6. The van der Waals surface area contributed by atoms with E-state index >= 15 is 0 Å². The first-order valence-corrected chi connectivity index (χ1v) is 15.4. The first-order chi connectivity index (χ1) is 20.8. The molecule has 0 aromatic heterocycles. The molecule has 0 unspecified atom stereocenters. The lowest BCUT2D eigenvalue weighted by atomic mass is 9.99. The lowest BCUT2D eigenvalue weighted by molar-refractivity contribution is -0.211. The van der Waals surface area contributed by atoms with Gasteiger partial charge in [0, 0.05) is 14.9 Å². The molecule has 6 nitrogen and oxygen atoms in total. The molecule has 9 heteroatoms. The molecule has 0 spiro atoms. The van der Waals surface area contributed by atoms with Gasteiger partial charge in [0.15, 0.2) is 12.2 Å². The maximum Gasteiger partial charge on any atom is 0.338 e. The van der Waals surface area contributed by atoms with E-state index in [-0.39, 0.29) is 6.61 Å². The Bertz CT molecular complexity index is 1510. The van der Waals surface area contributed by atoms with Crippen LogP contribution in [0.15, 0.2) is 108 Å².